The molecule has 0 fully saturated rings. The Labute approximate surface area is 168 Å². The highest BCUT2D eigenvalue weighted by molar-refractivity contribution is 5.94. The van der Waals surface area contributed by atoms with E-state index >= 15 is 0 Å². The lowest BCUT2D eigenvalue weighted by Crippen LogP contribution is -2.07. The van der Waals surface area contributed by atoms with Gasteiger partial charge in [-0.15, -0.1) is 0 Å². The summed E-state index contributed by atoms with van der Waals surface area (Å²) in [5.74, 6) is 0.906. The van der Waals surface area contributed by atoms with Gasteiger partial charge in [0.2, 0.25) is 5.89 Å². The van der Waals surface area contributed by atoms with Crippen molar-refractivity contribution in [1.82, 2.24) is 4.98 Å². The van der Waals surface area contributed by atoms with Crippen LogP contribution >= 0.6 is 0 Å². The molecule has 3 aromatic carbocycles. The smallest absolute Gasteiger partial charge is 0.361 e. The molecule has 144 valence electrons. The predicted molar refractivity (Wildman–Crippen MR) is 109 cm³/mol. The fraction of sp³-hybridized carbons (Fsp3) is 0.0833. The summed E-state index contributed by atoms with van der Waals surface area (Å²) < 4.78 is 16.7. The number of carbonyl (C=O) groups is 1. The summed E-state index contributed by atoms with van der Waals surface area (Å²) in [5, 5.41) is 0. The highest BCUT2D eigenvalue weighted by Gasteiger charge is 2.23. The van der Waals surface area contributed by atoms with E-state index in [9.17, 15) is 4.79 Å². The topological polar surface area (TPSA) is 61.6 Å². The zero-order chi connectivity index (χ0) is 20.1. The van der Waals surface area contributed by atoms with Gasteiger partial charge < -0.3 is 13.9 Å². The number of aromatic nitrogens is 1. The van der Waals surface area contributed by atoms with Crippen molar-refractivity contribution in [2.45, 2.75) is 6.61 Å². The molecule has 0 amide bonds. The van der Waals surface area contributed by atoms with Gasteiger partial charge in [0.1, 0.15) is 12.4 Å². The number of methoxy groups -OCH3 is 1. The SMILES string of the molecule is COc1ccc(-c2oc(-c3ccccc3)nc2C(=O)OCc2ccccc2)cc1. The number of oxazole rings is 1. The van der Waals surface area contributed by atoms with Crippen molar-refractivity contribution in [3.8, 4) is 28.5 Å². The summed E-state index contributed by atoms with van der Waals surface area (Å²) in [7, 11) is 1.60. The maximum atomic E-state index is 12.8. The van der Waals surface area contributed by atoms with Gasteiger partial charge in [0.25, 0.3) is 0 Å². The lowest BCUT2D eigenvalue weighted by Gasteiger charge is -2.05. The maximum Gasteiger partial charge on any atom is 0.361 e. The molecule has 1 aromatic heterocycles. The Kier molecular flexibility index (Phi) is 5.38. The molecule has 0 saturated heterocycles. The third-order valence-corrected chi connectivity index (χ3v) is 4.41. The minimum atomic E-state index is -0.536. The standard InChI is InChI=1S/C24H19NO4/c1-27-20-14-12-18(13-15-20)22-21(24(26)28-16-17-8-4-2-5-9-17)25-23(29-22)19-10-6-3-7-11-19/h2-15H,16H2,1H3. The maximum absolute atomic E-state index is 12.8. The highest BCUT2D eigenvalue weighted by atomic mass is 16.5. The van der Waals surface area contributed by atoms with Gasteiger partial charge in [-0.2, -0.15) is 0 Å². The molecular weight excluding hydrogens is 366 g/mol. The normalized spacial score (nSPS) is 10.5. The molecule has 5 heteroatoms. The van der Waals surface area contributed by atoms with Gasteiger partial charge in [0, 0.05) is 11.1 Å². The number of benzene rings is 3. The van der Waals surface area contributed by atoms with Crippen LogP contribution in [0.25, 0.3) is 22.8 Å². The summed E-state index contributed by atoms with van der Waals surface area (Å²) >= 11 is 0. The number of carbonyl (C=O) groups excluding carboxylic acids is 1. The van der Waals surface area contributed by atoms with E-state index in [1.54, 1.807) is 19.2 Å². The fourth-order valence-electron chi connectivity index (χ4n) is 2.89. The van der Waals surface area contributed by atoms with E-state index in [1.165, 1.54) is 0 Å². The van der Waals surface area contributed by atoms with Crippen molar-refractivity contribution in [3.05, 3.63) is 96.2 Å². The molecule has 0 saturated carbocycles. The van der Waals surface area contributed by atoms with Crippen LogP contribution in [0.3, 0.4) is 0 Å². The Balaban J connectivity index is 1.68. The van der Waals surface area contributed by atoms with Crippen molar-refractivity contribution in [2.24, 2.45) is 0 Å². The first kappa shape index (κ1) is 18.5. The molecular formula is C24H19NO4. The summed E-state index contributed by atoms with van der Waals surface area (Å²) in [6.45, 7) is 0.162. The molecule has 4 aromatic rings. The molecule has 0 atom stereocenters. The van der Waals surface area contributed by atoms with Crippen LogP contribution in [0.1, 0.15) is 16.1 Å². The third kappa shape index (κ3) is 4.19. The zero-order valence-corrected chi connectivity index (χ0v) is 15.9. The molecule has 1 heterocycles. The van der Waals surface area contributed by atoms with E-state index in [0.717, 1.165) is 11.1 Å². The first-order valence-corrected chi connectivity index (χ1v) is 9.16. The number of ether oxygens (including phenoxy) is 2. The average molecular weight is 385 g/mol. The summed E-state index contributed by atoms with van der Waals surface area (Å²) in [6.07, 6.45) is 0. The van der Waals surface area contributed by atoms with Crippen LogP contribution in [0.4, 0.5) is 0 Å². The summed E-state index contributed by atoms with van der Waals surface area (Å²) in [5.41, 5.74) is 2.54. The van der Waals surface area contributed by atoms with Crippen molar-refractivity contribution in [1.29, 1.82) is 0 Å². The van der Waals surface area contributed by atoms with Crippen molar-refractivity contribution in [3.63, 3.8) is 0 Å². The second-order valence-corrected chi connectivity index (χ2v) is 6.35. The number of rotatable bonds is 6. The quantitative estimate of drug-likeness (QED) is 0.417. The lowest BCUT2D eigenvalue weighted by atomic mass is 10.1. The molecule has 0 bridgehead atoms. The number of hydrogen-bond donors (Lipinski definition) is 0. The molecule has 4 rings (SSSR count). The molecule has 0 spiro atoms. The molecule has 29 heavy (non-hydrogen) atoms. The first-order valence-electron chi connectivity index (χ1n) is 9.16. The van der Waals surface area contributed by atoms with Crippen molar-refractivity contribution >= 4 is 5.97 Å². The van der Waals surface area contributed by atoms with E-state index in [4.69, 9.17) is 13.9 Å². The monoisotopic (exact) mass is 385 g/mol. The molecule has 0 aliphatic carbocycles. The molecule has 0 aliphatic heterocycles. The minimum absolute atomic E-state index is 0.143. The van der Waals surface area contributed by atoms with E-state index in [-0.39, 0.29) is 12.3 Å². The number of esters is 1. The van der Waals surface area contributed by atoms with Crippen LogP contribution in [-0.4, -0.2) is 18.1 Å². The third-order valence-electron chi connectivity index (χ3n) is 4.41. The van der Waals surface area contributed by atoms with Gasteiger partial charge >= 0.3 is 5.97 Å². The Morgan fingerprint density at radius 2 is 1.52 bits per heavy atom. The van der Waals surface area contributed by atoms with Crippen LogP contribution < -0.4 is 4.74 Å². The molecule has 0 N–H and O–H groups in total. The number of hydrogen-bond acceptors (Lipinski definition) is 5. The second kappa shape index (κ2) is 8.44. The van der Waals surface area contributed by atoms with Gasteiger partial charge in [0.15, 0.2) is 11.5 Å². The van der Waals surface area contributed by atoms with Crippen molar-refractivity contribution < 1.29 is 18.7 Å². The Morgan fingerprint density at radius 3 is 2.17 bits per heavy atom. The summed E-state index contributed by atoms with van der Waals surface area (Å²) in [6, 6.07) is 26.2. The first-order chi connectivity index (χ1) is 14.2. The number of nitrogens with zero attached hydrogens (tertiary/aromatic N) is 1. The van der Waals surface area contributed by atoms with Gasteiger partial charge in [-0.1, -0.05) is 48.5 Å². The zero-order valence-electron chi connectivity index (χ0n) is 15.9. The van der Waals surface area contributed by atoms with Gasteiger partial charge in [-0.3, -0.25) is 0 Å². The molecule has 0 radical (unpaired) electrons. The second-order valence-electron chi connectivity index (χ2n) is 6.35. The lowest BCUT2D eigenvalue weighted by molar-refractivity contribution is 0.0467. The molecule has 0 unspecified atom stereocenters. The molecule has 0 aliphatic rings. The van der Waals surface area contributed by atoms with E-state index in [2.05, 4.69) is 4.98 Å². The van der Waals surface area contributed by atoms with Crippen LogP contribution in [0.2, 0.25) is 0 Å². The van der Waals surface area contributed by atoms with Crippen LogP contribution in [0.5, 0.6) is 5.75 Å². The van der Waals surface area contributed by atoms with E-state index < -0.39 is 5.97 Å². The average Bonchev–Trinajstić information content (AvgIpc) is 3.24. The largest absolute Gasteiger partial charge is 0.497 e. The molecule has 5 nitrogen and oxygen atoms in total. The van der Waals surface area contributed by atoms with Crippen molar-refractivity contribution in [2.75, 3.05) is 7.11 Å². The summed E-state index contributed by atoms with van der Waals surface area (Å²) in [4.78, 5) is 17.2. The van der Waals surface area contributed by atoms with E-state index in [1.807, 2.05) is 72.8 Å². The van der Waals surface area contributed by atoms with Crippen LogP contribution in [-0.2, 0) is 11.3 Å². The fourth-order valence-corrected chi connectivity index (χ4v) is 2.89. The van der Waals surface area contributed by atoms with Gasteiger partial charge in [-0.05, 0) is 42.0 Å². The van der Waals surface area contributed by atoms with E-state index in [0.29, 0.717) is 23.0 Å². The Morgan fingerprint density at radius 1 is 0.862 bits per heavy atom. The van der Waals surface area contributed by atoms with Crippen LogP contribution in [0.15, 0.2) is 89.3 Å². The minimum Gasteiger partial charge on any atom is -0.497 e. The highest BCUT2D eigenvalue weighted by Crippen LogP contribution is 2.31. The Bertz CT molecular complexity index is 1090. The van der Waals surface area contributed by atoms with Gasteiger partial charge in [0.05, 0.1) is 7.11 Å². The Hall–Kier alpha value is -3.86. The predicted octanol–water partition coefficient (Wildman–Crippen LogP) is 5.37. The van der Waals surface area contributed by atoms with Crippen LogP contribution in [0, 0.1) is 0 Å². The van der Waals surface area contributed by atoms with Gasteiger partial charge in [-0.25, -0.2) is 9.78 Å².